The van der Waals surface area contributed by atoms with E-state index in [1.807, 2.05) is 6.07 Å². The van der Waals surface area contributed by atoms with Gasteiger partial charge in [-0.2, -0.15) is 5.26 Å². The lowest BCUT2D eigenvalue weighted by molar-refractivity contribution is 0.785. The molecule has 2 rings (SSSR count). The van der Waals surface area contributed by atoms with E-state index < -0.39 is 0 Å². The van der Waals surface area contributed by atoms with E-state index in [9.17, 15) is 0 Å². The monoisotopic (exact) mass is 189 g/mol. The molecule has 0 radical (unpaired) electrons. The van der Waals surface area contributed by atoms with Crippen LogP contribution < -0.4 is 10.6 Å². The van der Waals surface area contributed by atoms with Crippen LogP contribution in [0, 0.1) is 11.3 Å². The molecule has 1 unspecified atom stereocenters. The molecular formula is C9H11N5. The molecule has 0 saturated carbocycles. The number of nitrogens with one attached hydrogen (secondary N) is 2. The van der Waals surface area contributed by atoms with Gasteiger partial charge in [-0.15, -0.1) is 0 Å². The molecule has 2 heterocycles. The smallest absolute Gasteiger partial charge is 0.182 e. The zero-order chi connectivity index (χ0) is 9.80. The number of hydrogen-bond acceptors (Lipinski definition) is 5. The Morgan fingerprint density at radius 3 is 3.07 bits per heavy atom. The first-order chi connectivity index (χ1) is 6.90. The lowest BCUT2D eigenvalue weighted by Crippen LogP contribution is -2.23. The van der Waals surface area contributed by atoms with Crippen LogP contribution in [0.2, 0.25) is 0 Å². The lowest BCUT2D eigenvalue weighted by Gasteiger charge is -2.11. The maximum Gasteiger partial charge on any atom is 0.182 e. The van der Waals surface area contributed by atoms with Crippen molar-refractivity contribution in [1.29, 1.82) is 5.26 Å². The number of rotatable bonds is 2. The largest absolute Gasteiger partial charge is 0.364 e. The molecule has 0 aromatic carbocycles. The summed E-state index contributed by atoms with van der Waals surface area (Å²) < 4.78 is 0. The number of hydrogen-bond donors (Lipinski definition) is 2. The van der Waals surface area contributed by atoms with E-state index >= 15 is 0 Å². The summed E-state index contributed by atoms with van der Waals surface area (Å²) in [6, 6.07) is 2.37. The molecule has 1 aliphatic rings. The average Bonchev–Trinajstić information content (AvgIpc) is 2.71. The van der Waals surface area contributed by atoms with Gasteiger partial charge in [0.15, 0.2) is 11.5 Å². The summed E-state index contributed by atoms with van der Waals surface area (Å²) >= 11 is 0. The van der Waals surface area contributed by atoms with E-state index in [1.165, 1.54) is 6.20 Å². The summed E-state index contributed by atoms with van der Waals surface area (Å²) in [5.41, 5.74) is 0.361. The molecule has 1 aliphatic heterocycles. The summed E-state index contributed by atoms with van der Waals surface area (Å²) in [5, 5.41) is 15.2. The first-order valence-corrected chi connectivity index (χ1v) is 4.58. The Labute approximate surface area is 82.2 Å². The van der Waals surface area contributed by atoms with Gasteiger partial charge in [0.1, 0.15) is 6.07 Å². The van der Waals surface area contributed by atoms with Crippen molar-refractivity contribution >= 4 is 5.82 Å². The van der Waals surface area contributed by atoms with Crippen molar-refractivity contribution < 1.29 is 0 Å². The van der Waals surface area contributed by atoms with Crippen molar-refractivity contribution in [3.63, 3.8) is 0 Å². The molecule has 0 amide bonds. The second kappa shape index (κ2) is 4.03. The molecule has 1 saturated heterocycles. The van der Waals surface area contributed by atoms with E-state index in [4.69, 9.17) is 5.26 Å². The SMILES string of the molecule is N#Cc1nccnc1NC1CCNC1. The van der Waals surface area contributed by atoms with E-state index in [2.05, 4.69) is 20.6 Å². The maximum atomic E-state index is 8.78. The lowest BCUT2D eigenvalue weighted by atomic mass is 10.2. The highest BCUT2D eigenvalue weighted by molar-refractivity contribution is 5.47. The molecule has 14 heavy (non-hydrogen) atoms. The summed E-state index contributed by atoms with van der Waals surface area (Å²) in [4.78, 5) is 8.02. The summed E-state index contributed by atoms with van der Waals surface area (Å²) in [7, 11) is 0. The van der Waals surface area contributed by atoms with Gasteiger partial charge in [0.2, 0.25) is 0 Å². The molecule has 0 aliphatic carbocycles. The van der Waals surface area contributed by atoms with Crippen molar-refractivity contribution in [2.45, 2.75) is 12.5 Å². The van der Waals surface area contributed by atoms with Gasteiger partial charge in [-0.3, -0.25) is 0 Å². The number of nitrogens with zero attached hydrogens (tertiary/aromatic N) is 3. The van der Waals surface area contributed by atoms with Crippen LogP contribution in [-0.4, -0.2) is 29.1 Å². The van der Waals surface area contributed by atoms with Gasteiger partial charge in [0.05, 0.1) is 0 Å². The second-order valence-corrected chi connectivity index (χ2v) is 3.20. The third-order valence-electron chi connectivity index (χ3n) is 2.21. The molecule has 0 bridgehead atoms. The standard InChI is InChI=1S/C9H11N5/c10-5-8-9(13-4-3-12-8)14-7-1-2-11-6-7/h3-4,7,11H,1-2,6H2,(H,13,14). The second-order valence-electron chi connectivity index (χ2n) is 3.20. The van der Waals surface area contributed by atoms with Crippen molar-refractivity contribution in [3.05, 3.63) is 18.1 Å². The number of aromatic nitrogens is 2. The summed E-state index contributed by atoms with van der Waals surface area (Å²) in [6.45, 7) is 1.93. The minimum Gasteiger partial charge on any atom is -0.364 e. The normalized spacial score (nSPS) is 20.4. The highest BCUT2D eigenvalue weighted by Gasteiger charge is 2.16. The van der Waals surface area contributed by atoms with Gasteiger partial charge in [0, 0.05) is 25.0 Å². The predicted molar refractivity (Wildman–Crippen MR) is 51.6 cm³/mol. The Bertz CT molecular complexity index is 350. The van der Waals surface area contributed by atoms with Crippen LogP contribution in [0.15, 0.2) is 12.4 Å². The fourth-order valence-electron chi connectivity index (χ4n) is 1.50. The highest BCUT2D eigenvalue weighted by Crippen LogP contribution is 2.10. The minimum absolute atomic E-state index is 0.360. The van der Waals surface area contributed by atoms with Crippen molar-refractivity contribution in [3.8, 4) is 6.07 Å². The van der Waals surface area contributed by atoms with Crippen LogP contribution >= 0.6 is 0 Å². The van der Waals surface area contributed by atoms with E-state index in [1.54, 1.807) is 6.20 Å². The Hall–Kier alpha value is -1.67. The number of anilines is 1. The molecule has 5 heteroatoms. The fourth-order valence-corrected chi connectivity index (χ4v) is 1.50. The van der Waals surface area contributed by atoms with Crippen LogP contribution in [0.1, 0.15) is 12.1 Å². The minimum atomic E-state index is 0.360. The molecule has 1 fully saturated rings. The van der Waals surface area contributed by atoms with Crippen molar-refractivity contribution in [2.24, 2.45) is 0 Å². The van der Waals surface area contributed by atoms with E-state index in [0.717, 1.165) is 19.5 Å². The molecular weight excluding hydrogens is 178 g/mol. The first-order valence-electron chi connectivity index (χ1n) is 4.58. The zero-order valence-corrected chi connectivity index (χ0v) is 7.70. The Kier molecular flexibility index (Phi) is 2.56. The average molecular weight is 189 g/mol. The topological polar surface area (TPSA) is 73.6 Å². The van der Waals surface area contributed by atoms with Gasteiger partial charge >= 0.3 is 0 Å². The summed E-state index contributed by atoms with van der Waals surface area (Å²) in [5.74, 6) is 0.587. The van der Waals surface area contributed by atoms with Gasteiger partial charge in [-0.25, -0.2) is 9.97 Å². The molecule has 1 aromatic rings. The third kappa shape index (κ3) is 1.80. The highest BCUT2D eigenvalue weighted by atomic mass is 15.1. The van der Waals surface area contributed by atoms with Crippen molar-refractivity contribution in [1.82, 2.24) is 15.3 Å². The quantitative estimate of drug-likeness (QED) is 0.691. The molecule has 5 nitrogen and oxygen atoms in total. The zero-order valence-electron chi connectivity index (χ0n) is 7.70. The fraction of sp³-hybridized carbons (Fsp3) is 0.444. The molecule has 1 aromatic heterocycles. The molecule has 0 spiro atoms. The molecule has 1 atom stereocenters. The Morgan fingerprint density at radius 1 is 1.50 bits per heavy atom. The van der Waals surface area contributed by atoms with Crippen LogP contribution in [-0.2, 0) is 0 Å². The van der Waals surface area contributed by atoms with Gasteiger partial charge in [-0.05, 0) is 13.0 Å². The van der Waals surface area contributed by atoms with E-state index in [0.29, 0.717) is 17.6 Å². The number of nitriles is 1. The Morgan fingerprint density at radius 2 is 2.36 bits per heavy atom. The van der Waals surface area contributed by atoms with Crippen molar-refractivity contribution in [2.75, 3.05) is 18.4 Å². The molecule has 2 N–H and O–H groups in total. The summed E-state index contributed by atoms with van der Waals surface area (Å²) in [6.07, 6.45) is 4.17. The van der Waals surface area contributed by atoms with Gasteiger partial charge < -0.3 is 10.6 Å². The first kappa shape index (κ1) is 8.91. The van der Waals surface area contributed by atoms with Gasteiger partial charge in [-0.1, -0.05) is 0 Å². The predicted octanol–water partition coefficient (Wildman–Crippen LogP) is 0.122. The van der Waals surface area contributed by atoms with Gasteiger partial charge in [0.25, 0.3) is 0 Å². The van der Waals surface area contributed by atoms with E-state index in [-0.39, 0.29) is 0 Å². The van der Waals surface area contributed by atoms with Crippen LogP contribution in [0.5, 0.6) is 0 Å². The third-order valence-corrected chi connectivity index (χ3v) is 2.21. The van der Waals surface area contributed by atoms with Crippen LogP contribution in [0.4, 0.5) is 5.82 Å². The van der Waals surface area contributed by atoms with Crippen LogP contribution in [0.25, 0.3) is 0 Å². The Balaban J connectivity index is 2.11. The maximum absolute atomic E-state index is 8.78. The van der Waals surface area contributed by atoms with Crippen LogP contribution in [0.3, 0.4) is 0 Å². The molecule has 72 valence electrons.